The largest absolute Gasteiger partial charge is 0.327 e. The Balaban J connectivity index is 3.06. The normalized spacial score (nSPS) is 16.3. The molecule has 108 valence electrons. The fourth-order valence-electron chi connectivity index (χ4n) is 1.47. The summed E-state index contributed by atoms with van der Waals surface area (Å²) in [5, 5.41) is 1.81. The minimum absolute atomic E-state index is 0.115. The molecule has 8 heteroatoms. The number of sulfonamides is 1. The lowest BCUT2D eigenvalue weighted by Gasteiger charge is -2.19. The number of aromatic nitrogens is 1. The van der Waals surface area contributed by atoms with E-state index in [1.807, 2.05) is 19.2 Å². The molecule has 1 aromatic rings. The first kappa shape index (κ1) is 16.1. The molecule has 0 spiro atoms. The van der Waals surface area contributed by atoms with Gasteiger partial charge < -0.3 is 4.57 Å². The fraction of sp³-hybridized carbons (Fsp3) is 0.636. The Morgan fingerprint density at radius 3 is 2.63 bits per heavy atom. The molecule has 1 N–H and O–H groups in total. The fourth-order valence-corrected chi connectivity index (χ4v) is 3.00. The van der Waals surface area contributed by atoms with Crippen molar-refractivity contribution < 1.29 is 13.2 Å². The standard InChI is InChI=1S/C11H19N3O3S2/c1-5-8(2)9(13-19(4,16)17)10(15)12-11-14(3)6-7-18-11/h6-9,13H,5H2,1-4H3/t8-,9-/m0/s1. The van der Waals surface area contributed by atoms with Crippen LogP contribution in [0.25, 0.3) is 0 Å². The molecule has 0 saturated carbocycles. The summed E-state index contributed by atoms with van der Waals surface area (Å²) in [7, 11) is -1.66. The number of carbonyl (C=O) groups excluding carboxylic acids is 1. The van der Waals surface area contributed by atoms with E-state index in [-0.39, 0.29) is 5.92 Å². The average molecular weight is 305 g/mol. The van der Waals surface area contributed by atoms with Gasteiger partial charge in [-0.25, -0.2) is 13.1 Å². The van der Waals surface area contributed by atoms with Gasteiger partial charge in [0.05, 0.1) is 6.26 Å². The van der Waals surface area contributed by atoms with E-state index < -0.39 is 22.0 Å². The van der Waals surface area contributed by atoms with Crippen LogP contribution in [0.5, 0.6) is 0 Å². The molecule has 1 aromatic heterocycles. The smallest absolute Gasteiger partial charge is 0.266 e. The number of rotatable bonds is 5. The highest BCUT2D eigenvalue weighted by Gasteiger charge is 2.26. The SMILES string of the molecule is CC[C@H](C)[C@H](NS(C)(=O)=O)C(=O)N=c1sccn1C. The van der Waals surface area contributed by atoms with Crippen molar-refractivity contribution >= 4 is 27.3 Å². The van der Waals surface area contributed by atoms with Crippen molar-refractivity contribution in [3.8, 4) is 0 Å². The van der Waals surface area contributed by atoms with Gasteiger partial charge in [-0.2, -0.15) is 4.99 Å². The van der Waals surface area contributed by atoms with Crippen LogP contribution >= 0.6 is 11.3 Å². The second-order valence-electron chi connectivity index (χ2n) is 4.50. The van der Waals surface area contributed by atoms with Gasteiger partial charge in [-0.3, -0.25) is 4.79 Å². The van der Waals surface area contributed by atoms with Crippen molar-refractivity contribution in [3.05, 3.63) is 16.4 Å². The van der Waals surface area contributed by atoms with Crippen LogP contribution in [0, 0.1) is 5.92 Å². The Morgan fingerprint density at radius 2 is 2.21 bits per heavy atom. The average Bonchev–Trinajstić information content (AvgIpc) is 2.70. The van der Waals surface area contributed by atoms with Crippen molar-refractivity contribution in [1.82, 2.24) is 9.29 Å². The number of hydrogen-bond donors (Lipinski definition) is 1. The number of carbonyl (C=O) groups is 1. The van der Waals surface area contributed by atoms with E-state index in [4.69, 9.17) is 0 Å². The summed E-state index contributed by atoms with van der Waals surface area (Å²) in [4.78, 5) is 16.7. The zero-order valence-electron chi connectivity index (χ0n) is 11.5. The van der Waals surface area contributed by atoms with Gasteiger partial charge >= 0.3 is 0 Å². The Kier molecular flexibility index (Phi) is 5.45. The van der Waals surface area contributed by atoms with Gasteiger partial charge in [-0.1, -0.05) is 20.3 Å². The van der Waals surface area contributed by atoms with Crippen molar-refractivity contribution in [3.63, 3.8) is 0 Å². The molecule has 0 aliphatic rings. The van der Waals surface area contributed by atoms with E-state index in [0.717, 1.165) is 6.26 Å². The summed E-state index contributed by atoms with van der Waals surface area (Å²) in [6.45, 7) is 3.73. The predicted molar refractivity (Wildman–Crippen MR) is 75.1 cm³/mol. The molecule has 0 bridgehead atoms. The summed E-state index contributed by atoms with van der Waals surface area (Å²) >= 11 is 1.33. The predicted octanol–water partition coefficient (Wildman–Crippen LogP) is 0.478. The Morgan fingerprint density at radius 1 is 1.58 bits per heavy atom. The summed E-state index contributed by atoms with van der Waals surface area (Å²) in [6.07, 6.45) is 3.52. The Labute approximate surface area is 117 Å². The number of amides is 1. The van der Waals surface area contributed by atoms with Gasteiger partial charge in [0.25, 0.3) is 5.91 Å². The number of thiazole rings is 1. The Hall–Kier alpha value is -0.990. The zero-order chi connectivity index (χ0) is 14.6. The molecule has 1 amide bonds. The van der Waals surface area contributed by atoms with Gasteiger partial charge in [0, 0.05) is 18.6 Å². The van der Waals surface area contributed by atoms with Crippen molar-refractivity contribution in [2.45, 2.75) is 26.3 Å². The second-order valence-corrected chi connectivity index (χ2v) is 7.15. The summed E-state index contributed by atoms with van der Waals surface area (Å²) in [5.41, 5.74) is 0. The summed E-state index contributed by atoms with van der Waals surface area (Å²) in [6, 6.07) is -0.818. The number of nitrogens with one attached hydrogen (secondary N) is 1. The highest BCUT2D eigenvalue weighted by molar-refractivity contribution is 7.88. The van der Waals surface area contributed by atoms with Crippen LogP contribution in [0.1, 0.15) is 20.3 Å². The molecule has 1 heterocycles. The van der Waals surface area contributed by atoms with Crippen LogP contribution in [-0.4, -0.2) is 31.2 Å². The zero-order valence-corrected chi connectivity index (χ0v) is 13.1. The van der Waals surface area contributed by atoms with Gasteiger partial charge in [-0.15, -0.1) is 11.3 Å². The van der Waals surface area contributed by atoms with Gasteiger partial charge in [0.2, 0.25) is 10.0 Å². The number of nitrogens with zero attached hydrogens (tertiary/aromatic N) is 2. The van der Waals surface area contributed by atoms with E-state index in [0.29, 0.717) is 11.2 Å². The maximum Gasteiger partial charge on any atom is 0.266 e. The Bertz CT molecular complexity index is 601. The van der Waals surface area contributed by atoms with Crippen LogP contribution in [-0.2, 0) is 21.9 Å². The molecule has 6 nitrogen and oxygen atoms in total. The molecule has 0 aromatic carbocycles. The topological polar surface area (TPSA) is 80.5 Å². The first-order valence-electron chi connectivity index (χ1n) is 5.90. The van der Waals surface area contributed by atoms with Gasteiger partial charge in [0.15, 0.2) is 4.80 Å². The lowest BCUT2D eigenvalue weighted by molar-refractivity contribution is -0.120. The van der Waals surface area contributed by atoms with Crippen LogP contribution in [0.4, 0.5) is 0 Å². The first-order valence-corrected chi connectivity index (χ1v) is 8.67. The lowest BCUT2D eigenvalue weighted by atomic mass is 10.00. The van der Waals surface area contributed by atoms with E-state index in [9.17, 15) is 13.2 Å². The van der Waals surface area contributed by atoms with E-state index >= 15 is 0 Å². The highest BCUT2D eigenvalue weighted by Crippen LogP contribution is 2.10. The van der Waals surface area contributed by atoms with Crippen molar-refractivity contribution in [2.75, 3.05) is 6.26 Å². The molecular formula is C11H19N3O3S2. The molecule has 0 aliphatic heterocycles. The maximum absolute atomic E-state index is 12.1. The van der Waals surface area contributed by atoms with Crippen LogP contribution < -0.4 is 9.52 Å². The molecule has 0 unspecified atom stereocenters. The molecule has 1 rings (SSSR count). The quantitative estimate of drug-likeness (QED) is 0.859. The van der Waals surface area contributed by atoms with Crippen molar-refractivity contribution in [2.24, 2.45) is 18.0 Å². The number of aryl methyl sites for hydroxylation is 1. The van der Waals surface area contributed by atoms with Crippen LogP contribution in [0.2, 0.25) is 0 Å². The van der Waals surface area contributed by atoms with Gasteiger partial charge in [0.1, 0.15) is 6.04 Å². The van der Waals surface area contributed by atoms with Crippen LogP contribution in [0.3, 0.4) is 0 Å². The molecule has 19 heavy (non-hydrogen) atoms. The minimum atomic E-state index is -3.45. The molecule has 0 fully saturated rings. The van der Waals surface area contributed by atoms with Gasteiger partial charge in [-0.05, 0) is 5.92 Å². The molecular weight excluding hydrogens is 286 g/mol. The van der Waals surface area contributed by atoms with Crippen molar-refractivity contribution in [1.29, 1.82) is 0 Å². The molecule has 0 aliphatic carbocycles. The highest BCUT2D eigenvalue weighted by atomic mass is 32.2. The third-order valence-corrected chi connectivity index (χ3v) is 4.32. The third kappa shape index (κ3) is 4.88. The maximum atomic E-state index is 12.1. The summed E-state index contributed by atoms with van der Waals surface area (Å²) in [5.74, 6) is -0.575. The molecule has 0 saturated heterocycles. The molecule has 2 atom stereocenters. The van der Waals surface area contributed by atoms with E-state index in [2.05, 4.69) is 9.71 Å². The second kappa shape index (κ2) is 6.44. The third-order valence-electron chi connectivity index (χ3n) is 2.79. The number of hydrogen-bond acceptors (Lipinski definition) is 4. The first-order chi connectivity index (χ1) is 8.74. The monoisotopic (exact) mass is 305 g/mol. The lowest BCUT2D eigenvalue weighted by Crippen LogP contribution is -2.44. The van der Waals surface area contributed by atoms with E-state index in [1.165, 1.54) is 11.3 Å². The minimum Gasteiger partial charge on any atom is -0.327 e. The molecule has 0 radical (unpaired) electrons. The van der Waals surface area contributed by atoms with Crippen LogP contribution in [0.15, 0.2) is 16.6 Å². The van der Waals surface area contributed by atoms with E-state index in [1.54, 1.807) is 17.8 Å². The summed E-state index contributed by atoms with van der Waals surface area (Å²) < 4.78 is 26.7.